The number of Topliss-reactive ketones (excluding diaryl/α,β-unsaturated/α-hetero) is 1. The van der Waals surface area contributed by atoms with E-state index in [0.717, 1.165) is 39.0 Å². The van der Waals surface area contributed by atoms with Crippen molar-refractivity contribution in [1.29, 1.82) is 0 Å². The molecule has 17 heteroatoms. The number of rotatable bonds is 30. The monoisotopic (exact) mass is 1260 g/mol. The maximum atomic E-state index is 16.5. The van der Waals surface area contributed by atoms with Crippen LogP contribution < -0.4 is 5.32 Å². The molecule has 0 radical (unpaired) electrons. The van der Waals surface area contributed by atoms with Gasteiger partial charge in [-0.25, -0.2) is 9.59 Å². The van der Waals surface area contributed by atoms with Gasteiger partial charge in [-0.05, 0) is 112 Å². The molecule has 5 aliphatic rings. The lowest BCUT2D eigenvalue weighted by Gasteiger charge is -2.79. The molecule has 91 heavy (non-hydrogen) atoms. The van der Waals surface area contributed by atoms with Gasteiger partial charge in [-0.2, -0.15) is 0 Å². The van der Waals surface area contributed by atoms with Crippen LogP contribution in [0.25, 0.3) is 0 Å². The van der Waals surface area contributed by atoms with Gasteiger partial charge in [-0.15, -0.1) is 0 Å². The number of ketones is 1. The summed E-state index contributed by atoms with van der Waals surface area (Å²) in [5.74, 6) is -8.56. The maximum absolute atomic E-state index is 16.5. The highest BCUT2D eigenvalue weighted by Gasteiger charge is 2.91. The summed E-state index contributed by atoms with van der Waals surface area (Å²) in [6, 6.07) is 26.3. The number of esters is 5. The lowest BCUT2D eigenvalue weighted by molar-refractivity contribution is -0.396. The Labute approximate surface area is 537 Å². The van der Waals surface area contributed by atoms with Gasteiger partial charge < -0.3 is 43.3 Å². The van der Waals surface area contributed by atoms with Crippen LogP contribution in [0.15, 0.2) is 175 Å². The van der Waals surface area contributed by atoms with Crippen molar-refractivity contribution in [2.24, 2.45) is 22.7 Å². The Bertz CT molecular complexity index is 3310. The van der Waals surface area contributed by atoms with Gasteiger partial charge in [0.05, 0.1) is 35.0 Å². The van der Waals surface area contributed by atoms with Crippen LogP contribution in [-0.2, 0) is 56.8 Å². The number of carbonyl (C=O) groups excluding carboxylic acids is 7. The Hall–Kier alpha value is -7.57. The van der Waals surface area contributed by atoms with Crippen molar-refractivity contribution < 1.29 is 71.5 Å². The van der Waals surface area contributed by atoms with Crippen LogP contribution >= 0.6 is 0 Å². The molecule has 3 aromatic rings. The van der Waals surface area contributed by atoms with Crippen molar-refractivity contribution in [3.8, 4) is 0 Å². The van der Waals surface area contributed by atoms with E-state index in [1.54, 1.807) is 86.6 Å². The number of hydrogen-bond donors (Lipinski definition) is 2. The normalized spacial score (nSPS) is 28.2. The van der Waals surface area contributed by atoms with E-state index in [1.165, 1.54) is 26.0 Å². The number of ether oxygens (including phenoxy) is 6. The van der Waals surface area contributed by atoms with Gasteiger partial charge >= 0.3 is 29.8 Å². The highest BCUT2D eigenvalue weighted by atomic mass is 28.4. The molecule has 0 aromatic heterocycles. The summed E-state index contributed by atoms with van der Waals surface area (Å²) in [5.41, 5.74) is -8.90. The van der Waals surface area contributed by atoms with Gasteiger partial charge in [0.25, 0.3) is 5.91 Å². The Morgan fingerprint density at radius 1 is 0.692 bits per heavy atom. The first-order chi connectivity index (χ1) is 43.7. The predicted octanol–water partition coefficient (Wildman–Crippen LogP) is 13.4. The molecule has 4 aliphatic carbocycles. The molecule has 3 unspecified atom stereocenters. The third kappa shape index (κ3) is 14.0. The molecule has 1 amide bonds. The van der Waals surface area contributed by atoms with Crippen LogP contribution in [0.4, 0.5) is 0 Å². The van der Waals surface area contributed by atoms with E-state index in [4.69, 9.17) is 32.8 Å². The molecule has 4 fully saturated rings. The number of nitrogens with one attached hydrogen (secondary N) is 1. The zero-order chi connectivity index (χ0) is 65.6. The summed E-state index contributed by atoms with van der Waals surface area (Å²) in [6.45, 7) is 14.9. The average molecular weight is 1260 g/mol. The number of hydrogen-bond acceptors (Lipinski definition) is 15. The quantitative estimate of drug-likeness (QED) is 0.0275. The van der Waals surface area contributed by atoms with Crippen LogP contribution in [0.2, 0.25) is 18.1 Å². The average Bonchev–Trinajstić information content (AvgIpc) is 0.622. The van der Waals surface area contributed by atoms with Crippen molar-refractivity contribution >= 4 is 49.9 Å². The molecule has 0 spiro atoms. The standard InChI is InChI=1S/C74H91NO15Si/c1-10-14-15-16-17-18-19-20-21-22-23-24-25-26-27-28-29-30-40-47-59(78)86-57-48-58-72(50-84-58,88-53(7)77)64-66(87-68(81)56-45-38-33-39-46-56)73(83)49-74(51(5)60(71(73,74)9)62(85-52(6)76)65(79)70(57,64)8)89-69(82)63(90-91(11-2,12-3)13-4)61(54-41-34-31-35-42-54)75-67(80)55-43-36-32-37-44-55/h14-15,17-18,20-21,23-24,26-27,29-39,41-46,51,57-58,61,63-64,66,83H,10-13,16,19,22,25,28,40,47-50H2,1-9H3,(H,75,80)/t51?,57-,58+,61?,63+,64-,66-,70+,71+,72-,73+,74?/m0/s1. The molecule has 3 aromatic carbocycles. The Balaban J connectivity index is 1.14. The van der Waals surface area contributed by atoms with Crippen LogP contribution in [0.1, 0.15) is 159 Å². The number of allylic oxidation sites excluding steroid dienone is 13. The first-order valence-electron chi connectivity index (χ1n) is 32.4. The second kappa shape index (κ2) is 30.2. The molecule has 1 saturated heterocycles. The smallest absolute Gasteiger partial charge is 0.338 e. The Morgan fingerprint density at radius 2 is 1.22 bits per heavy atom. The highest BCUT2D eigenvalue weighted by molar-refractivity contribution is 6.73. The van der Waals surface area contributed by atoms with Crippen LogP contribution in [0.3, 0.4) is 0 Å². The molecule has 1 heterocycles. The third-order valence-electron chi connectivity index (χ3n) is 19.8. The summed E-state index contributed by atoms with van der Waals surface area (Å²) < 4.78 is 45.9. The highest BCUT2D eigenvalue weighted by Crippen LogP contribution is 2.80. The molecule has 486 valence electrons. The predicted molar refractivity (Wildman–Crippen MR) is 348 cm³/mol. The van der Waals surface area contributed by atoms with Gasteiger partial charge in [0, 0.05) is 44.6 Å². The summed E-state index contributed by atoms with van der Waals surface area (Å²) >= 11 is 0. The molecular weight excluding hydrogens is 1170 g/mol. The van der Waals surface area contributed by atoms with Gasteiger partial charge in [0.15, 0.2) is 25.8 Å². The summed E-state index contributed by atoms with van der Waals surface area (Å²) in [4.78, 5) is 103. The van der Waals surface area contributed by atoms with Gasteiger partial charge in [-0.1, -0.05) is 174 Å². The van der Waals surface area contributed by atoms with E-state index in [-0.39, 0.29) is 37.0 Å². The fourth-order valence-corrected chi connectivity index (χ4v) is 17.4. The van der Waals surface area contributed by atoms with Gasteiger partial charge in [-0.3, -0.25) is 24.0 Å². The summed E-state index contributed by atoms with van der Waals surface area (Å²) in [6.07, 6.45) is 24.1. The molecule has 3 saturated carbocycles. The van der Waals surface area contributed by atoms with Gasteiger partial charge in [0.2, 0.25) is 5.78 Å². The summed E-state index contributed by atoms with van der Waals surface area (Å²) in [7, 11) is -2.80. The minimum absolute atomic E-state index is 0.0813. The topological polar surface area (TPSA) is 216 Å². The number of aliphatic hydroxyl groups is 1. The maximum Gasteiger partial charge on any atom is 0.338 e. The van der Waals surface area contributed by atoms with E-state index in [1.807, 2.05) is 45.1 Å². The second-order valence-corrected chi connectivity index (χ2v) is 29.6. The van der Waals surface area contributed by atoms with Crippen LogP contribution in [0.5, 0.6) is 0 Å². The number of benzene rings is 3. The Morgan fingerprint density at radius 3 is 1.73 bits per heavy atom. The fraction of sp³-hybridized carbons (Fsp3) is 0.473. The van der Waals surface area contributed by atoms with Crippen molar-refractivity contribution in [2.75, 3.05) is 6.61 Å². The second-order valence-electron chi connectivity index (χ2n) is 24.9. The SMILES string of the molecule is CCC=CCC=CCC=CCC=CCC=CCC=CCCC(=O)O[C@H]1C[C@H]2OC[C@@]2(OC(C)=O)[C@H]2[C@H](OC(=O)c3ccccc3)[C@]3(O)CC4(OC(=O)[C@H](O[Si](CC)(CC)CC)C(NC(=O)c5ccccc5)c5ccccc5)C(C)C(=C(OC(C)=O)C(=O)[C@]12C)[C@@]43C. The Kier molecular flexibility index (Phi) is 23.0. The van der Waals surface area contributed by atoms with Crippen LogP contribution in [0, 0.1) is 22.7 Å². The van der Waals surface area contributed by atoms with Gasteiger partial charge in [0.1, 0.15) is 29.5 Å². The van der Waals surface area contributed by atoms with Crippen LogP contribution in [-0.4, -0.2) is 103 Å². The molecule has 12 atom stereocenters. The lowest BCUT2D eigenvalue weighted by Crippen LogP contribution is -2.91. The number of fused-ring (bicyclic) bond motifs is 3. The molecule has 0 bridgehead atoms. The fourth-order valence-electron chi connectivity index (χ4n) is 14.6. The number of amides is 1. The number of carbonyl (C=O) groups is 7. The van der Waals surface area contributed by atoms with Crippen molar-refractivity contribution in [3.05, 3.63) is 192 Å². The molecular formula is C74H91NO15Si. The van der Waals surface area contributed by atoms with Crippen molar-refractivity contribution in [2.45, 2.75) is 192 Å². The van der Waals surface area contributed by atoms with E-state index >= 15 is 9.59 Å². The first-order valence-corrected chi connectivity index (χ1v) is 34.9. The lowest BCUT2D eigenvalue weighted by atomic mass is 9.28. The minimum atomic E-state index is -2.80. The first kappa shape index (κ1) is 69.3. The minimum Gasteiger partial charge on any atom is -0.461 e. The molecule has 2 N–H and O–H groups in total. The van der Waals surface area contributed by atoms with E-state index in [2.05, 4.69) is 66.9 Å². The van der Waals surface area contributed by atoms with E-state index < -0.39 is 132 Å². The largest absolute Gasteiger partial charge is 0.461 e. The third-order valence-corrected chi connectivity index (χ3v) is 24.4. The van der Waals surface area contributed by atoms with E-state index in [9.17, 15) is 29.1 Å². The summed E-state index contributed by atoms with van der Waals surface area (Å²) in [5, 5.41) is 17.3. The molecule has 8 rings (SSSR count). The molecule has 16 nitrogen and oxygen atoms in total. The van der Waals surface area contributed by atoms with Crippen molar-refractivity contribution in [1.82, 2.24) is 5.32 Å². The zero-order valence-electron chi connectivity index (χ0n) is 54.2. The van der Waals surface area contributed by atoms with Crippen molar-refractivity contribution in [3.63, 3.8) is 0 Å². The van der Waals surface area contributed by atoms with E-state index in [0.29, 0.717) is 35.7 Å². The molecule has 1 aliphatic heterocycles. The zero-order valence-corrected chi connectivity index (χ0v) is 55.2.